The SMILES string of the molecule is CC1CN(S(=O)(=O)c2cccc(C(=O)N3CCN(CC4CC4)CC3)c2)CC(C)O1. The van der Waals surface area contributed by atoms with Crippen molar-refractivity contribution in [3.8, 4) is 0 Å². The molecule has 0 aromatic heterocycles. The number of ether oxygens (including phenoxy) is 1. The summed E-state index contributed by atoms with van der Waals surface area (Å²) >= 11 is 0. The fourth-order valence-electron chi connectivity index (χ4n) is 4.25. The number of hydrogen-bond acceptors (Lipinski definition) is 5. The first-order valence-electron chi connectivity index (χ1n) is 10.6. The van der Waals surface area contributed by atoms with E-state index < -0.39 is 10.0 Å². The van der Waals surface area contributed by atoms with Crippen LogP contribution in [0.1, 0.15) is 37.0 Å². The van der Waals surface area contributed by atoms with Crippen molar-refractivity contribution in [1.29, 1.82) is 0 Å². The Morgan fingerprint density at radius 3 is 2.34 bits per heavy atom. The van der Waals surface area contributed by atoms with Crippen molar-refractivity contribution in [2.75, 3.05) is 45.8 Å². The van der Waals surface area contributed by atoms with Gasteiger partial charge in [0.05, 0.1) is 17.1 Å². The van der Waals surface area contributed by atoms with E-state index >= 15 is 0 Å². The highest BCUT2D eigenvalue weighted by atomic mass is 32.2. The molecule has 2 saturated heterocycles. The summed E-state index contributed by atoms with van der Waals surface area (Å²) in [5.41, 5.74) is 0.441. The molecule has 0 bridgehead atoms. The van der Waals surface area contributed by atoms with E-state index in [-0.39, 0.29) is 23.0 Å². The fraction of sp³-hybridized carbons (Fsp3) is 0.667. The van der Waals surface area contributed by atoms with Gasteiger partial charge in [-0.25, -0.2) is 8.42 Å². The molecule has 0 radical (unpaired) electrons. The number of hydrogen-bond donors (Lipinski definition) is 0. The number of rotatable bonds is 5. The van der Waals surface area contributed by atoms with Crippen LogP contribution >= 0.6 is 0 Å². The van der Waals surface area contributed by atoms with Crippen molar-refractivity contribution in [2.24, 2.45) is 5.92 Å². The highest BCUT2D eigenvalue weighted by Gasteiger charge is 2.33. The van der Waals surface area contributed by atoms with Gasteiger partial charge in [-0.05, 0) is 50.8 Å². The fourth-order valence-corrected chi connectivity index (χ4v) is 5.88. The monoisotopic (exact) mass is 421 g/mol. The minimum absolute atomic E-state index is 0.0863. The summed E-state index contributed by atoms with van der Waals surface area (Å²) in [5.74, 6) is 0.765. The Morgan fingerprint density at radius 1 is 1.07 bits per heavy atom. The molecule has 2 unspecified atom stereocenters. The third-order valence-electron chi connectivity index (χ3n) is 5.98. The zero-order valence-electron chi connectivity index (χ0n) is 17.3. The van der Waals surface area contributed by atoms with Crippen LogP contribution in [0.25, 0.3) is 0 Å². The Labute approximate surface area is 173 Å². The Hall–Kier alpha value is -1.48. The summed E-state index contributed by atoms with van der Waals surface area (Å²) in [4.78, 5) is 17.4. The van der Waals surface area contributed by atoms with E-state index in [0.717, 1.165) is 25.6 Å². The van der Waals surface area contributed by atoms with Gasteiger partial charge in [0.25, 0.3) is 5.91 Å². The van der Waals surface area contributed by atoms with E-state index in [0.29, 0.717) is 31.7 Å². The number of amides is 1. The molecule has 1 aliphatic carbocycles. The first-order chi connectivity index (χ1) is 13.8. The molecule has 4 rings (SSSR count). The molecule has 0 N–H and O–H groups in total. The molecule has 1 saturated carbocycles. The number of carbonyl (C=O) groups excluding carboxylic acids is 1. The standard InChI is InChI=1S/C21H31N3O4S/c1-16-13-24(14-17(2)28-16)29(26,27)20-5-3-4-19(12-20)21(25)23-10-8-22(9-11-23)15-18-6-7-18/h3-5,12,16-18H,6-11,13-15H2,1-2H3. The van der Waals surface area contributed by atoms with Gasteiger partial charge in [0.1, 0.15) is 0 Å². The van der Waals surface area contributed by atoms with Crippen LogP contribution in [0.4, 0.5) is 0 Å². The van der Waals surface area contributed by atoms with E-state index in [2.05, 4.69) is 4.90 Å². The van der Waals surface area contributed by atoms with Gasteiger partial charge in [-0.15, -0.1) is 0 Å². The predicted octanol–water partition coefficient (Wildman–Crippen LogP) is 1.65. The quantitative estimate of drug-likeness (QED) is 0.723. The van der Waals surface area contributed by atoms with E-state index in [1.54, 1.807) is 18.2 Å². The van der Waals surface area contributed by atoms with Gasteiger partial charge in [-0.3, -0.25) is 9.69 Å². The second-order valence-electron chi connectivity index (χ2n) is 8.64. The van der Waals surface area contributed by atoms with Crippen molar-refractivity contribution in [2.45, 2.75) is 43.8 Å². The largest absolute Gasteiger partial charge is 0.373 e. The minimum Gasteiger partial charge on any atom is -0.373 e. The Morgan fingerprint density at radius 2 is 1.72 bits per heavy atom. The van der Waals surface area contributed by atoms with Crippen molar-refractivity contribution in [3.63, 3.8) is 0 Å². The summed E-state index contributed by atoms with van der Waals surface area (Å²) in [6, 6.07) is 6.47. The summed E-state index contributed by atoms with van der Waals surface area (Å²) in [7, 11) is -3.66. The first kappa shape index (κ1) is 20.8. The lowest BCUT2D eigenvalue weighted by Crippen LogP contribution is -2.49. The van der Waals surface area contributed by atoms with Crippen LogP contribution in [0.5, 0.6) is 0 Å². The smallest absolute Gasteiger partial charge is 0.253 e. The van der Waals surface area contributed by atoms with Gasteiger partial charge in [0.15, 0.2) is 0 Å². The molecular formula is C21H31N3O4S. The van der Waals surface area contributed by atoms with E-state index in [9.17, 15) is 13.2 Å². The van der Waals surface area contributed by atoms with E-state index in [1.807, 2.05) is 18.7 Å². The van der Waals surface area contributed by atoms with Crippen molar-refractivity contribution in [1.82, 2.24) is 14.1 Å². The van der Waals surface area contributed by atoms with E-state index in [1.165, 1.54) is 23.2 Å². The maximum absolute atomic E-state index is 13.1. The van der Waals surface area contributed by atoms with Crippen molar-refractivity contribution >= 4 is 15.9 Å². The topological polar surface area (TPSA) is 70.2 Å². The lowest BCUT2D eigenvalue weighted by Gasteiger charge is -2.35. The van der Waals surface area contributed by atoms with Crippen LogP contribution in [0.2, 0.25) is 0 Å². The average Bonchev–Trinajstić information content (AvgIpc) is 3.51. The van der Waals surface area contributed by atoms with Gasteiger partial charge in [-0.1, -0.05) is 6.07 Å². The predicted molar refractivity (Wildman–Crippen MR) is 110 cm³/mol. The molecule has 1 amide bonds. The zero-order valence-corrected chi connectivity index (χ0v) is 18.1. The molecule has 3 fully saturated rings. The second kappa shape index (κ2) is 8.34. The molecule has 8 heteroatoms. The normalized spacial score (nSPS) is 27.2. The van der Waals surface area contributed by atoms with E-state index in [4.69, 9.17) is 4.74 Å². The maximum Gasteiger partial charge on any atom is 0.253 e. The molecule has 2 aliphatic heterocycles. The van der Waals surface area contributed by atoms with Gasteiger partial charge >= 0.3 is 0 Å². The number of sulfonamides is 1. The van der Waals surface area contributed by atoms with Crippen LogP contribution in [-0.4, -0.2) is 86.5 Å². The molecule has 0 spiro atoms. The zero-order chi connectivity index (χ0) is 20.6. The summed E-state index contributed by atoms with van der Waals surface area (Å²) < 4.78 is 33.4. The van der Waals surface area contributed by atoms with Crippen molar-refractivity contribution in [3.05, 3.63) is 29.8 Å². The highest BCUT2D eigenvalue weighted by Crippen LogP contribution is 2.30. The van der Waals surface area contributed by atoms with Crippen LogP contribution in [-0.2, 0) is 14.8 Å². The number of benzene rings is 1. The molecule has 29 heavy (non-hydrogen) atoms. The number of piperazine rings is 1. The molecule has 7 nitrogen and oxygen atoms in total. The Bertz CT molecular complexity index is 837. The molecule has 3 aliphatic rings. The number of morpholine rings is 1. The van der Waals surface area contributed by atoms with Crippen LogP contribution < -0.4 is 0 Å². The molecule has 160 valence electrons. The van der Waals surface area contributed by atoms with Gasteiger partial charge in [0.2, 0.25) is 10.0 Å². The highest BCUT2D eigenvalue weighted by molar-refractivity contribution is 7.89. The third-order valence-corrected chi connectivity index (χ3v) is 7.81. The summed E-state index contributed by atoms with van der Waals surface area (Å²) in [5, 5.41) is 0. The Balaban J connectivity index is 1.44. The second-order valence-corrected chi connectivity index (χ2v) is 10.6. The van der Waals surface area contributed by atoms with Gasteiger partial charge < -0.3 is 9.64 Å². The molecular weight excluding hydrogens is 390 g/mol. The Kier molecular flexibility index (Phi) is 5.97. The summed E-state index contributed by atoms with van der Waals surface area (Å²) in [6.07, 6.45) is 2.37. The third kappa shape index (κ3) is 4.82. The lowest BCUT2D eigenvalue weighted by atomic mass is 10.2. The minimum atomic E-state index is -3.66. The average molecular weight is 422 g/mol. The maximum atomic E-state index is 13.1. The molecule has 1 aromatic carbocycles. The van der Waals surface area contributed by atoms with Crippen LogP contribution in [0.3, 0.4) is 0 Å². The molecule has 1 aromatic rings. The van der Waals surface area contributed by atoms with Crippen LogP contribution in [0, 0.1) is 5.92 Å². The lowest BCUT2D eigenvalue weighted by molar-refractivity contribution is -0.0440. The van der Waals surface area contributed by atoms with Crippen molar-refractivity contribution < 1.29 is 17.9 Å². The van der Waals surface area contributed by atoms with Gasteiger partial charge in [-0.2, -0.15) is 4.31 Å². The molecule has 2 atom stereocenters. The first-order valence-corrected chi connectivity index (χ1v) is 12.0. The summed E-state index contributed by atoms with van der Waals surface area (Å²) in [6.45, 7) is 8.73. The van der Waals surface area contributed by atoms with Crippen LogP contribution in [0.15, 0.2) is 29.2 Å². The molecule has 2 heterocycles. The number of nitrogens with zero attached hydrogens (tertiary/aromatic N) is 3. The van der Waals surface area contributed by atoms with Gasteiger partial charge in [0, 0.05) is 51.4 Å². The number of carbonyl (C=O) groups is 1.